The third kappa shape index (κ3) is 2.73. The molecule has 3 nitrogen and oxygen atoms in total. The number of Topliss-reactive ketones (excluding diaryl/α,β-unsaturated/α-hetero) is 1. The summed E-state index contributed by atoms with van der Waals surface area (Å²) in [6.07, 6.45) is 1.41. The van der Waals surface area contributed by atoms with Crippen LogP contribution in [0.2, 0.25) is 0 Å². The highest BCUT2D eigenvalue weighted by atomic mass is 16.2. The molecular formula is C14H17NO2. The Morgan fingerprint density at radius 2 is 2.00 bits per heavy atom. The minimum absolute atomic E-state index is 0.0595. The van der Waals surface area contributed by atoms with Gasteiger partial charge in [-0.2, -0.15) is 0 Å². The molecule has 0 N–H and O–H groups in total. The highest BCUT2D eigenvalue weighted by Gasteiger charge is 2.25. The number of piperidine rings is 1. The zero-order valence-electron chi connectivity index (χ0n) is 10.1. The second-order valence-electron chi connectivity index (χ2n) is 4.53. The third-order valence-electron chi connectivity index (χ3n) is 3.23. The Morgan fingerprint density at radius 1 is 1.29 bits per heavy atom. The first-order valence-corrected chi connectivity index (χ1v) is 6.04. The summed E-state index contributed by atoms with van der Waals surface area (Å²) in [5.41, 5.74) is 1.01. The van der Waals surface area contributed by atoms with E-state index in [-0.39, 0.29) is 24.2 Å². The van der Waals surface area contributed by atoms with E-state index in [0.717, 1.165) is 12.0 Å². The maximum absolute atomic E-state index is 12.2. The average molecular weight is 231 g/mol. The molecule has 1 saturated heterocycles. The molecule has 0 aromatic heterocycles. The van der Waals surface area contributed by atoms with Crippen LogP contribution < -0.4 is 0 Å². The molecule has 1 aliphatic heterocycles. The minimum Gasteiger partial charge on any atom is -0.335 e. The van der Waals surface area contributed by atoms with Gasteiger partial charge >= 0.3 is 0 Å². The SMILES string of the molecule is CC(C(=O)N1CCCC(=O)C1)c1ccccc1. The fraction of sp³-hybridized carbons (Fsp3) is 0.429. The van der Waals surface area contributed by atoms with Crippen molar-refractivity contribution < 1.29 is 9.59 Å². The number of hydrogen-bond donors (Lipinski definition) is 0. The van der Waals surface area contributed by atoms with Crippen molar-refractivity contribution in [2.45, 2.75) is 25.7 Å². The van der Waals surface area contributed by atoms with Gasteiger partial charge in [0.2, 0.25) is 5.91 Å². The van der Waals surface area contributed by atoms with Gasteiger partial charge in [-0.1, -0.05) is 30.3 Å². The predicted octanol–water partition coefficient (Wildman–Crippen LogP) is 1.98. The summed E-state index contributed by atoms with van der Waals surface area (Å²) < 4.78 is 0. The van der Waals surface area contributed by atoms with Crippen molar-refractivity contribution in [3.05, 3.63) is 35.9 Å². The van der Waals surface area contributed by atoms with Crippen molar-refractivity contribution in [1.82, 2.24) is 4.90 Å². The van der Waals surface area contributed by atoms with Crippen LogP contribution in [0, 0.1) is 0 Å². The fourth-order valence-electron chi connectivity index (χ4n) is 2.18. The summed E-state index contributed by atoms with van der Waals surface area (Å²) in [5, 5.41) is 0. The Kier molecular flexibility index (Phi) is 3.57. The van der Waals surface area contributed by atoms with Crippen molar-refractivity contribution >= 4 is 11.7 Å². The van der Waals surface area contributed by atoms with Gasteiger partial charge in [0, 0.05) is 13.0 Å². The molecule has 1 aromatic rings. The lowest BCUT2D eigenvalue weighted by Gasteiger charge is -2.28. The van der Waals surface area contributed by atoms with Gasteiger partial charge in [-0.15, -0.1) is 0 Å². The molecule has 3 heteroatoms. The van der Waals surface area contributed by atoms with E-state index in [1.807, 2.05) is 37.3 Å². The Morgan fingerprint density at radius 3 is 2.65 bits per heavy atom. The van der Waals surface area contributed by atoms with E-state index < -0.39 is 0 Å². The summed E-state index contributed by atoms with van der Waals surface area (Å²) in [6.45, 7) is 2.90. The summed E-state index contributed by atoms with van der Waals surface area (Å²) in [4.78, 5) is 25.2. The topological polar surface area (TPSA) is 37.4 Å². The number of rotatable bonds is 2. The lowest BCUT2D eigenvalue weighted by molar-refractivity contribution is -0.138. The number of benzene rings is 1. The molecule has 0 bridgehead atoms. The molecule has 0 spiro atoms. The number of ketones is 1. The summed E-state index contributed by atoms with van der Waals surface area (Å²) in [5.74, 6) is 0.0659. The van der Waals surface area contributed by atoms with Gasteiger partial charge in [0.05, 0.1) is 12.5 Å². The van der Waals surface area contributed by atoms with Crippen LogP contribution in [-0.2, 0) is 9.59 Å². The summed E-state index contributed by atoms with van der Waals surface area (Å²) >= 11 is 0. The molecule has 1 unspecified atom stereocenters. The molecule has 1 aliphatic rings. The maximum atomic E-state index is 12.2. The third-order valence-corrected chi connectivity index (χ3v) is 3.23. The van der Waals surface area contributed by atoms with E-state index in [4.69, 9.17) is 0 Å². The van der Waals surface area contributed by atoms with Crippen molar-refractivity contribution in [1.29, 1.82) is 0 Å². The molecule has 1 heterocycles. The van der Waals surface area contributed by atoms with Crippen LogP contribution in [0.5, 0.6) is 0 Å². The molecule has 90 valence electrons. The number of carbonyl (C=O) groups excluding carboxylic acids is 2. The van der Waals surface area contributed by atoms with Gasteiger partial charge in [0.25, 0.3) is 0 Å². The monoisotopic (exact) mass is 231 g/mol. The lowest BCUT2D eigenvalue weighted by atomic mass is 9.98. The Bertz CT molecular complexity index is 413. The quantitative estimate of drug-likeness (QED) is 0.780. The largest absolute Gasteiger partial charge is 0.335 e. The molecule has 1 atom stereocenters. The number of hydrogen-bond acceptors (Lipinski definition) is 2. The standard InChI is InChI=1S/C14H17NO2/c1-11(12-6-3-2-4-7-12)14(17)15-9-5-8-13(16)10-15/h2-4,6-7,11H,5,8-10H2,1H3. The highest BCUT2D eigenvalue weighted by Crippen LogP contribution is 2.19. The van der Waals surface area contributed by atoms with Gasteiger partial charge in [0.15, 0.2) is 5.78 Å². The average Bonchev–Trinajstić information content (AvgIpc) is 2.38. The zero-order chi connectivity index (χ0) is 12.3. The maximum Gasteiger partial charge on any atom is 0.230 e. The van der Waals surface area contributed by atoms with E-state index in [0.29, 0.717) is 13.0 Å². The molecule has 0 saturated carbocycles. The predicted molar refractivity (Wildman–Crippen MR) is 65.7 cm³/mol. The van der Waals surface area contributed by atoms with Crippen LogP contribution in [0.25, 0.3) is 0 Å². The molecule has 17 heavy (non-hydrogen) atoms. The van der Waals surface area contributed by atoms with E-state index >= 15 is 0 Å². The Hall–Kier alpha value is -1.64. The van der Waals surface area contributed by atoms with E-state index in [1.54, 1.807) is 4.90 Å². The Labute approximate surface area is 101 Å². The molecule has 1 amide bonds. The van der Waals surface area contributed by atoms with Crippen molar-refractivity contribution in [2.75, 3.05) is 13.1 Å². The number of carbonyl (C=O) groups is 2. The first-order valence-electron chi connectivity index (χ1n) is 6.04. The smallest absolute Gasteiger partial charge is 0.230 e. The van der Waals surface area contributed by atoms with Crippen LogP contribution in [0.1, 0.15) is 31.2 Å². The number of amides is 1. The van der Waals surface area contributed by atoms with Gasteiger partial charge < -0.3 is 4.90 Å². The van der Waals surface area contributed by atoms with E-state index in [1.165, 1.54) is 0 Å². The van der Waals surface area contributed by atoms with Gasteiger partial charge in [-0.05, 0) is 18.9 Å². The molecule has 1 aromatic carbocycles. The Balaban J connectivity index is 2.07. The van der Waals surface area contributed by atoms with Crippen molar-refractivity contribution in [3.63, 3.8) is 0 Å². The van der Waals surface area contributed by atoms with E-state index in [2.05, 4.69) is 0 Å². The van der Waals surface area contributed by atoms with Crippen LogP contribution >= 0.6 is 0 Å². The first-order chi connectivity index (χ1) is 8.18. The van der Waals surface area contributed by atoms with Crippen LogP contribution in [0.3, 0.4) is 0 Å². The lowest BCUT2D eigenvalue weighted by Crippen LogP contribution is -2.42. The number of nitrogens with zero attached hydrogens (tertiary/aromatic N) is 1. The first kappa shape index (κ1) is 11.8. The van der Waals surface area contributed by atoms with E-state index in [9.17, 15) is 9.59 Å². The van der Waals surface area contributed by atoms with Crippen LogP contribution in [-0.4, -0.2) is 29.7 Å². The fourth-order valence-corrected chi connectivity index (χ4v) is 2.18. The molecular weight excluding hydrogens is 214 g/mol. The van der Waals surface area contributed by atoms with Gasteiger partial charge in [0.1, 0.15) is 0 Å². The summed E-state index contributed by atoms with van der Waals surface area (Å²) in [6, 6.07) is 9.70. The normalized spacial score (nSPS) is 17.9. The number of likely N-dealkylation sites (tertiary alicyclic amines) is 1. The van der Waals surface area contributed by atoms with Gasteiger partial charge in [-0.25, -0.2) is 0 Å². The second-order valence-corrected chi connectivity index (χ2v) is 4.53. The molecule has 0 aliphatic carbocycles. The van der Waals surface area contributed by atoms with Crippen LogP contribution in [0.4, 0.5) is 0 Å². The molecule has 2 rings (SSSR count). The van der Waals surface area contributed by atoms with Crippen molar-refractivity contribution in [2.24, 2.45) is 0 Å². The molecule has 0 radical (unpaired) electrons. The highest BCUT2D eigenvalue weighted by molar-refractivity contribution is 5.90. The van der Waals surface area contributed by atoms with Gasteiger partial charge in [-0.3, -0.25) is 9.59 Å². The molecule has 1 fully saturated rings. The summed E-state index contributed by atoms with van der Waals surface area (Å²) in [7, 11) is 0. The minimum atomic E-state index is -0.165. The zero-order valence-corrected chi connectivity index (χ0v) is 10.1. The van der Waals surface area contributed by atoms with Crippen molar-refractivity contribution in [3.8, 4) is 0 Å². The second kappa shape index (κ2) is 5.13. The van der Waals surface area contributed by atoms with Crippen LogP contribution in [0.15, 0.2) is 30.3 Å².